The van der Waals surface area contributed by atoms with Gasteiger partial charge in [-0.3, -0.25) is 9.36 Å². The number of hydrogen-bond acceptors (Lipinski definition) is 5. The predicted octanol–water partition coefficient (Wildman–Crippen LogP) is 3.17. The Labute approximate surface area is 192 Å². The van der Waals surface area contributed by atoms with E-state index in [9.17, 15) is 18.8 Å². The Bertz CT molecular complexity index is 1340. The number of halogens is 1. The molecule has 1 unspecified atom stereocenters. The third-order valence-electron chi connectivity index (χ3n) is 5.81. The molecule has 4 aromatic rings. The van der Waals surface area contributed by atoms with E-state index in [2.05, 4.69) is 9.97 Å². The SMILES string of the molecule is C[S+]([O-])c1cn(-c2ncc(-c3ccccc3F)cn2)c2cc(C(=O)N3CC[C@H](O)C3)ccc12. The molecule has 33 heavy (non-hydrogen) atoms. The molecule has 5 rings (SSSR count). The summed E-state index contributed by atoms with van der Waals surface area (Å²) in [6.07, 6.45) is 6.42. The van der Waals surface area contributed by atoms with Gasteiger partial charge in [0, 0.05) is 42.2 Å². The third kappa shape index (κ3) is 3.99. The zero-order chi connectivity index (χ0) is 23.1. The molecule has 2 aromatic carbocycles. The van der Waals surface area contributed by atoms with Crippen LogP contribution in [0.15, 0.2) is 66.0 Å². The van der Waals surface area contributed by atoms with E-state index in [4.69, 9.17) is 0 Å². The lowest BCUT2D eigenvalue weighted by Crippen LogP contribution is -2.29. The standard InChI is InChI=1S/C24H21FN4O3S/c1-33(32)22-14-29(24-26-11-16(12-27-24)18-4-2-3-5-20(18)25)21-10-15(6-7-19(21)22)23(31)28-9-8-17(30)13-28/h2-7,10-12,14,17,30H,8-9,13H2,1H3/t17-,33?/m0/s1. The number of likely N-dealkylation sites (tertiary alicyclic amines) is 1. The Hall–Kier alpha value is -3.27. The number of fused-ring (bicyclic) bond motifs is 1. The van der Waals surface area contributed by atoms with Gasteiger partial charge in [0.05, 0.1) is 23.2 Å². The molecule has 0 bridgehead atoms. The first-order chi connectivity index (χ1) is 15.9. The number of rotatable bonds is 4. The quantitative estimate of drug-likeness (QED) is 0.468. The number of benzene rings is 2. The molecular formula is C24H21FN4O3S. The summed E-state index contributed by atoms with van der Waals surface area (Å²) >= 11 is -1.27. The largest absolute Gasteiger partial charge is 0.612 e. The molecule has 7 nitrogen and oxygen atoms in total. The van der Waals surface area contributed by atoms with E-state index < -0.39 is 17.3 Å². The highest BCUT2D eigenvalue weighted by molar-refractivity contribution is 7.91. The van der Waals surface area contributed by atoms with Crippen molar-refractivity contribution in [3.63, 3.8) is 0 Å². The van der Waals surface area contributed by atoms with E-state index in [0.29, 0.717) is 52.6 Å². The van der Waals surface area contributed by atoms with E-state index in [-0.39, 0.29) is 11.7 Å². The van der Waals surface area contributed by atoms with Crippen LogP contribution in [0.4, 0.5) is 4.39 Å². The number of hydrogen-bond donors (Lipinski definition) is 1. The lowest BCUT2D eigenvalue weighted by Gasteiger charge is -2.15. The Balaban J connectivity index is 1.57. The van der Waals surface area contributed by atoms with Crippen LogP contribution in [0.1, 0.15) is 16.8 Å². The normalized spacial score (nSPS) is 17.0. The van der Waals surface area contributed by atoms with Crippen LogP contribution in [0, 0.1) is 5.82 Å². The van der Waals surface area contributed by atoms with Gasteiger partial charge in [0.15, 0.2) is 4.90 Å². The number of carbonyl (C=O) groups is 1. The van der Waals surface area contributed by atoms with Gasteiger partial charge in [0.25, 0.3) is 5.91 Å². The van der Waals surface area contributed by atoms with Crippen molar-refractivity contribution in [3.8, 4) is 17.1 Å². The number of amides is 1. The first kappa shape index (κ1) is 21.6. The molecule has 3 heterocycles. The number of nitrogens with zero attached hydrogens (tertiary/aromatic N) is 4. The van der Waals surface area contributed by atoms with Crippen molar-refractivity contribution in [3.05, 3.63) is 72.4 Å². The van der Waals surface area contributed by atoms with Gasteiger partial charge >= 0.3 is 0 Å². The predicted molar refractivity (Wildman–Crippen MR) is 123 cm³/mol. The molecule has 2 atom stereocenters. The molecule has 1 amide bonds. The van der Waals surface area contributed by atoms with Gasteiger partial charge in [-0.1, -0.05) is 18.2 Å². The van der Waals surface area contributed by atoms with Crippen molar-refractivity contribution >= 4 is 28.0 Å². The topological polar surface area (TPSA) is 94.3 Å². The van der Waals surface area contributed by atoms with Crippen molar-refractivity contribution in [2.45, 2.75) is 17.4 Å². The molecule has 0 saturated carbocycles. The fraction of sp³-hybridized carbons (Fsp3) is 0.208. The van der Waals surface area contributed by atoms with Crippen LogP contribution in [-0.4, -0.2) is 60.5 Å². The molecular weight excluding hydrogens is 443 g/mol. The van der Waals surface area contributed by atoms with Gasteiger partial charge in [-0.05, 0) is 41.9 Å². The van der Waals surface area contributed by atoms with Crippen molar-refractivity contribution in [1.82, 2.24) is 19.4 Å². The van der Waals surface area contributed by atoms with E-state index in [1.165, 1.54) is 18.5 Å². The van der Waals surface area contributed by atoms with Gasteiger partial charge in [-0.2, -0.15) is 0 Å². The second-order valence-electron chi connectivity index (χ2n) is 7.99. The van der Waals surface area contributed by atoms with Gasteiger partial charge < -0.3 is 14.6 Å². The fourth-order valence-electron chi connectivity index (χ4n) is 4.11. The molecule has 0 aliphatic carbocycles. The van der Waals surface area contributed by atoms with Crippen molar-refractivity contribution in [2.24, 2.45) is 0 Å². The molecule has 2 aromatic heterocycles. The number of carbonyl (C=O) groups excluding carboxylic acids is 1. The molecule has 1 aliphatic rings. The Kier molecular flexibility index (Phi) is 5.61. The second-order valence-corrected chi connectivity index (χ2v) is 9.34. The van der Waals surface area contributed by atoms with Crippen LogP contribution < -0.4 is 0 Å². The first-order valence-electron chi connectivity index (χ1n) is 10.5. The average Bonchev–Trinajstić information content (AvgIpc) is 3.42. The van der Waals surface area contributed by atoms with Gasteiger partial charge in [0.2, 0.25) is 5.95 Å². The summed E-state index contributed by atoms with van der Waals surface area (Å²) in [6, 6.07) is 11.6. The minimum absolute atomic E-state index is 0.170. The molecule has 0 spiro atoms. The minimum atomic E-state index is -1.27. The second kappa shape index (κ2) is 8.58. The summed E-state index contributed by atoms with van der Waals surface area (Å²) in [5.74, 6) is -0.215. The lowest BCUT2D eigenvalue weighted by atomic mass is 10.1. The van der Waals surface area contributed by atoms with Crippen LogP contribution in [0.5, 0.6) is 0 Å². The van der Waals surface area contributed by atoms with Gasteiger partial charge in [0.1, 0.15) is 12.1 Å². The minimum Gasteiger partial charge on any atom is -0.612 e. The number of aromatic nitrogens is 3. The first-order valence-corrected chi connectivity index (χ1v) is 12.0. The van der Waals surface area contributed by atoms with Gasteiger partial charge in [-0.25, -0.2) is 14.4 Å². The Morgan fingerprint density at radius 2 is 1.97 bits per heavy atom. The highest BCUT2D eigenvalue weighted by Crippen LogP contribution is 2.29. The van der Waals surface area contributed by atoms with Crippen LogP contribution in [0.25, 0.3) is 28.0 Å². The van der Waals surface area contributed by atoms with Crippen LogP contribution in [-0.2, 0) is 11.2 Å². The monoisotopic (exact) mass is 464 g/mol. The Morgan fingerprint density at radius 1 is 1.21 bits per heavy atom. The van der Waals surface area contributed by atoms with Crippen molar-refractivity contribution < 1.29 is 18.8 Å². The molecule has 9 heteroatoms. The molecule has 1 fully saturated rings. The molecule has 168 valence electrons. The summed E-state index contributed by atoms with van der Waals surface area (Å²) < 4.78 is 28.2. The number of β-amino-alcohol motifs (C(OH)–C–C–N with tert-alkyl or cyclic N) is 1. The van der Waals surface area contributed by atoms with E-state index >= 15 is 0 Å². The maximum atomic E-state index is 14.1. The lowest BCUT2D eigenvalue weighted by molar-refractivity contribution is 0.0765. The summed E-state index contributed by atoms with van der Waals surface area (Å²) in [7, 11) is 0. The van der Waals surface area contributed by atoms with E-state index in [1.54, 1.807) is 58.3 Å². The molecule has 1 saturated heterocycles. The summed E-state index contributed by atoms with van der Waals surface area (Å²) in [6.45, 7) is 0.812. The van der Waals surface area contributed by atoms with Crippen LogP contribution in [0.3, 0.4) is 0 Å². The highest BCUT2D eigenvalue weighted by atomic mass is 32.2. The molecule has 1 N–H and O–H groups in total. The summed E-state index contributed by atoms with van der Waals surface area (Å²) in [5, 5.41) is 10.5. The van der Waals surface area contributed by atoms with Crippen LogP contribution >= 0.6 is 0 Å². The zero-order valence-electron chi connectivity index (χ0n) is 17.8. The maximum Gasteiger partial charge on any atom is 0.254 e. The zero-order valence-corrected chi connectivity index (χ0v) is 18.6. The molecule has 1 aliphatic heterocycles. The van der Waals surface area contributed by atoms with E-state index in [0.717, 1.165) is 5.39 Å². The Morgan fingerprint density at radius 3 is 2.64 bits per heavy atom. The number of aliphatic hydroxyl groups excluding tert-OH is 1. The van der Waals surface area contributed by atoms with Gasteiger partial charge in [-0.15, -0.1) is 0 Å². The van der Waals surface area contributed by atoms with Crippen molar-refractivity contribution in [2.75, 3.05) is 19.3 Å². The average molecular weight is 465 g/mol. The smallest absolute Gasteiger partial charge is 0.254 e. The number of aliphatic hydroxyl groups is 1. The highest BCUT2D eigenvalue weighted by Gasteiger charge is 2.27. The van der Waals surface area contributed by atoms with Crippen molar-refractivity contribution in [1.29, 1.82) is 0 Å². The molecule has 0 radical (unpaired) electrons. The fourth-order valence-corrected chi connectivity index (χ4v) is 4.85. The summed E-state index contributed by atoms with van der Waals surface area (Å²) in [5.41, 5.74) is 2.05. The van der Waals surface area contributed by atoms with E-state index in [1.807, 2.05) is 0 Å². The third-order valence-corrected chi connectivity index (χ3v) is 6.76. The summed E-state index contributed by atoms with van der Waals surface area (Å²) in [4.78, 5) is 24.0. The van der Waals surface area contributed by atoms with Crippen LogP contribution in [0.2, 0.25) is 0 Å². The maximum absolute atomic E-state index is 14.1.